The van der Waals surface area contributed by atoms with Crippen LogP contribution in [-0.2, 0) is 19.2 Å². The van der Waals surface area contributed by atoms with Gasteiger partial charge in [0, 0.05) is 19.3 Å². The predicted octanol–water partition coefficient (Wildman–Crippen LogP) is 6.65. The maximum absolute atomic E-state index is 10.2. The molecule has 0 radical (unpaired) electrons. The zero-order valence-electron chi connectivity index (χ0n) is 24.3. The van der Waals surface area contributed by atoms with Crippen LogP contribution in [0.15, 0.2) is 0 Å². The first-order valence-electron chi connectivity index (χ1n) is 14.8. The Bertz CT molecular complexity index is 539. The Morgan fingerprint density at radius 2 is 0.816 bits per heavy atom. The van der Waals surface area contributed by atoms with E-state index in [9.17, 15) is 19.2 Å². The molecule has 0 aromatic rings. The van der Waals surface area contributed by atoms with Crippen molar-refractivity contribution in [3.8, 4) is 0 Å². The third-order valence-corrected chi connectivity index (χ3v) is 6.01. The van der Waals surface area contributed by atoms with E-state index in [0.29, 0.717) is 12.8 Å². The number of hydrogen-bond donors (Lipinski definition) is 5. The zero-order chi connectivity index (χ0) is 29.4. The van der Waals surface area contributed by atoms with E-state index in [0.717, 1.165) is 25.7 Å². The maximum atomic E-state index is 10.2. The predicted molar refractivity (Wildman–Crippen MR) is 153 cm³/mol. The van der Waals surface area contributed by atoms with Crippen LogP contribution in [0, 0.1) is 0 Å². The van der Waals surface area contributed by atoms with Gasteiger partial charge in [-0.25, -0.2) is 0 Å². The first kappa shape index (κ1) is 40.3. The quantitative estimate of drug-likeness (QED) is 0.0834. The van der Waals surface area contributed by atoms with Crippen molar-refractivity contribution < 1.29 is 34.5 Å². The van der Waals surface area contributed by atoms with Gasteiger partial charge in [0.05, 0.1) is 0 Å². The summed E-state index contributed by atoms with van der Waals surface area (Å²) in [5.41, 5.74) is 9.81. The summed E-state index contributed by atoms with van der Waals surface area (Å²) in [6.45, 7) is 4.46. The van der Waals surface area contributed by atoms with Gasteiger partial charge in [-0.2, -0.15) is 0 Å². The van der Waals surface area contributed by atoms with Crippen LogP contribution in [0.1, 0.15) is 155 Å². The molecule has 1 atom stereocenters. The van der Waals surface area contributed by atoms with Crippen LogP contribution in [-0.4, -0.2) is 45.2 Å². The Hall–Kier alpha value is -2.16. The molecule has 0 bridgehead atoms. The van der Waals surface area contributed by atoms with Crippen molar-refractivity contribution in [3.63, 3.8) is 0 Å². The fraction of sp³-hybridized carbons (Fsp3) is 0.862. The molecule has 0 aliphatic carbocycles. The summed E-state index contributed by atoms with van der Waals surface area (Å²) in [5.74, 6) is -2.96. The van der Waals surface area contributed by atoms with Crippen LogP contribution >= 0.6 is 0 Å². The first-order chi connectivity index (χ1) is 18.1. The minimum atomic E-state index is -1.11. The lowest BCUT2D eigenvalue weighted by Crippen LogP contribution is -2.31. The minimum Gasteiger partial charge on any atom is -0.481 e. The average molecular weight is 547 g/mol. The number of primary amides is 1. The van der Waals surface area contributed by atoms with E-state index in [2.05, 4.69) is 13.8 Å². The molecule has 0 fully saturated rings. The third kappa shape index (κ3) is 43.9. The average Bonchev–Trinajstić information content (AvgIpc) is 2.85. The molecule has 0 unspecified atom stereocenters. The fourth-order valence-electron chi connectivity index (χ4n) is 3.60. The molecular formula is C29H58N2O7. The second kappa shape index (κ2) is 32.9. The highest BCUT2D eigenvalue weighted by Crippen LogP contribution is 2.11. The molecule has 38 heavy (non-hydrogen) atoms. The highest BCUT2D eigenvalue weighted by Gasteiger charge is 2.11. The van der Waals surface area contributed by atoms with Crippen molar-refractivity contribution in [2.75, 3.05) is 0 Å². The Morgan fingerprint density at radius 1 is 0.526 bits per heavy atom. The number of carboxylic acids is 3. The van der Waals surface area contributed by atoms with Gasteiger partial charge in [0.2, 0.25) is 5.91 Å². The molecule has 0 aromatic heterocycles. The highest BCUT2D eigenvalue weighted by molar-refractivity contribution is 5.77. The number of carbonyl (C=O) groups excluding carboxylic acids is 1. The van der Waals surface area contributed by atoms with Gasteiger partial charge in [0.15, 0.2) is 0 Å². The number of unbranched alkanes of at least 4 members (excludes halogenated alkanes) is 16. The van der Waals surface area contributed by atoms with E-state index in [1.807, 2.05) is 0 Å². The molecule has 0 aliphatic heterocycles. The number of nitrogens with two attached hydrogens (primary N) is 2. The van der Waals surface area contributed by atoms with E-state index in [1.165, 1.54) is 89.9 Å². The molecule has 0 spiro atoms. The van der Waals surface area contributed by atoms with Crippen LogP contribution in [0.2, 0.25) is 0 Å². The van der Waals surface area contributed by atoms with Crippen LogP contribution in [0.3, 0.4) is 0 Å². The molecule has 0 aromatic carbocycles. The number of carboxylic acid groups (broad SMARTS) is 3. The van der Waals surface area contributed by atoms with Crippen LogP contribution in [0.5, 0.6) is 0 Å². The molecule has 9 heteroatoms. The van der Waals surface area contributed by atoms with Gasteiger partial charge in [0.1, 0.15) is 6.04 Å². The van der Waals surface area contributed by atoms with Crippen molar-refractivity contribution in [1.82, 2.24) is 0 Å². The lowest BCUT2D eigenvalue weighted by molar-refractivity contribution is -0.139. The highest BCUT2D eigenvalue weighted by atomic mass is 16.4. The van der Waals surface area contributed by atoms with Crippen LogP contribution in [0.4, 0.5) is 0 Å². The summed E-state index contributed by atoms with van der Waals surface area (Å²) in [6.07, 6.45) is 23.1. The first-order valence-corrected chi connectivity index (χ1v) is 14.8. The lowest BCUT2D eigenvalue weighted by atomic mass is 10.1. The number of carbonyl (C=O) groups is 4. The summed E-state index contributed by atoms with van der Waals surface area (Å²) in [5, 5.41) is 25.0. The largest absolute Gasteiger partial charge is 0.481 e. The van der Waals surface area contributed by atoms with E-state index in [-0.39, 0.29) is 12.8 Å². The molecule has 0 aliphatic rings. The number of rotatable bonds is 24. The maximum Gasteiger partial charge on any atom is 0.320 e. The van der Waals surface area contributed by atoms with E-state index in [1.54, 1.807) is 0 Å². The molecule has 0 heterocycles. The van der Waals surface area contributed by atoms with Gasteiger partial charge in [-0.15, -0.1) is 0 Å². The van der Waals surface area contributed by atoms with E-state index >= 15 is 0 Å². The zero-order valence-corrected chi connectivity index (χ0v) is 24.3. The molecule has 0 saturated carbocycles. The number of hydrogen-bond acceptors (Lipinski definition) is 5. The summed E-state index contributed by atoms with van der Waals surface area (Å²) in [4.78, 5) is 40.5. The second-order valence-electron chi connectivity index (χ2n) is 9.89. The Labute approximate surface area is 231 Å². The van der Waals surface area contributed by atoms with Gasteiger partial charge >= 0.3 is 17.9 Å². The molecule has 1 amide bonds. The van der Waals surface area contributed by atoms with Crippen molar-refractivity contribution in [3.05, 3.63) is 0 Å². The second-order valence-corrected chi connectivity index (χ2v) is 9.89. The van der Waals surface area contributed by atoms with Crippen molar-refractivity contribution in [2.45, 2.75) is 161 Å². The summed E-state index contributed by atoms with van der Waals surface area (Å²) < 4.78 is 0. The minimum absolute atomic E-state index is 0.0213. The molecule has 9 nitrogen and oxygen atoms in total. The molecular weight excluding hydrogens is 488 g/mol. The summed E-state index contributed by atoms with van der Waals surface area (Å²) in [7, 11) is 0. The smallest absolute Gasteiger partial charge is 0.320 e. The Kier molecular flexibility index (Phi) is 34.9. The molecule has 226 valence electrons. The van der Waals surface area contributed by atoms with Gasteiger partial charge in [-0.05, 0) is 19.3 Å². The monoisotopic (exact) mass is 546 g/mol. The Balaban J connectivity index is -0.000000492. The topological polar surface area (TPSA) is 181 Å². The van der Waals surface area contributed by atoms with Crippen molar-refractivity contribution >= 4 is 23.8 Å². The molecule has 0 rings (SSSR count). The van der Waals surface area contributed by atoms with Gasteiger partial charge < -0.3 is 26.8 Å². The Morgan fingerprint density at radius 3 is 1.05 bits per heavy atom. The number of aliphatic carboxylic acids is 3. The van der Waals surface area contributed by atoms with Crippen molar-refractivity contribution in [1.29, 1.82) is 0 Å². The summed E-state index contributed by atoms with van der Waals surface area (Å²) in [6, 6.07) is -0.979. The van der Waals surface area contributed by atoms with Crippen LogP contribution < -0.4 is 11.5 Å². The SMILES string of the molecule is CCCCCCCCCCCC(=O)O.CCCCCCCCCCCC(=O)O.NC(=O)CC[C@H](N)C(=O)O. The summed E-state index contributed by atoms with van der Waals surface area (Å²) >= 11 is 0. The number of amides is 1. The molecule has 0 saturated heterocycles. The fourth-order valence-corrected chi connectivity index (χ4v) is 3.60. The van der Waals surface area contributed by atoms with Gasteiger partial charge in [-0.3, -0.25) is 19.2 Å². The molecule has 7 N–H and O–H groups in total. The van der Waals surface area contributed by atoms with Crippen molar-refractivity contribution in [2.24, 2.45) is 11.5 Å². The normalized spacial score (nSPS) is 10.9. The van der Waals surface area contributed by atoms with Crippen LogP contribution in [0.25, 0.3) is 0 Å². The standard InChI is InChI=1S/2C12H24O2.C5H10N2O3/c2*1-2-3-4-5-6-7-8-9-10-11-12(13)14;6-3(5(9)10)1-2-4(7)8/h2*2-11H2,1H3,(H,13,14);3H,1-2,6H2,(H2,7,8)(H,9,10)/t;;3-/m..0/s1. The third-order valence-electron chi connectivity index (χ3n) is 6.01. The van der Waals surface area contributed by atoms with E-state index < -0.39 is 29.9 Å². The van der Waals surface area contributed by atoms with Gasteiger partial charge in [0.25, 0.3) is 0 Å². The lowest BCUT2D eigenvalue weighted by Gasteiger charge is -2.01. The van der Waals surface area contributed by atoms with Gasteiger partial charge in [-0.1, -0.05) is 117 Å². The van der Waals surface area contributed by atoms with E-state index in [4.69, 9.17) is 26.8 Å².